The van der Waals surface area contributed by atoms with E-state index in [-0.39, 0.29) is 0 Å². The van der Waals surface area contributed by atoms with Crippen molar-refractivity contribution in [2.45, 2.75) is 19.5 Å². The molecule has 20 heavy (non-hydrogen) atoms. The van der Waals surface area contributed by atoms with Crippen molar-refractivity contribution in [3.8, 4) is 0 Å². The number of rotatable bonds is 4. The lowest BCUT2D eigenvalue weighted by Gasteiger charge is -2.15. The summed E-state index contributed by atoms with van der Waals surface area (Å²) in [4.78, 5) is 0. The van der Waals surface area contributed by atoms with E-state index < -0.39 is 0 Å². The second-order valence-corrected chi connectivity index (χ2v) is 5.19. The van der Waals surface area contributed by atoms with Crippen molar-refractivity contribution < 1.29 is 0 Å². The summed E-state index contributed by atoms with van der Waals surface area (Å²) >= 11 is 0. The molecule has 0 unspecified atom stereocenters. The first-order chi connectivity index (χ1) is 9.83. The van der Waals surface area contributed by atoms with Gasteiger partial charge in [0.1, 0.15) is 0 Å². The van der Waals surface area contributed by atoms with Crippen LogP contribution in [0.1, 0.15) is 24.1 Å². The van der Waals surface area contributed by atoms with Crippen molar-refractivity contribution in [2.75, 3.05) is 0 Å². The van der Waals surface area contributed by atoms with Crippen molar-refractivity contribution >= 4 is 10.8 Å². The zero-order valence-electron chi connectivity index (χ0n) is 11.7. The molecule has 0 aromatic heterocycles. The van der Waals surface area contributed by atoms with Crippen LogP contribution in [0.25, 0.3) is 10.8 Å². The molecule has 3 rings (SSSR count). The third-order valence-electron chi connectivity index (χ3n) is 3.73. The summed E-state index contributed by atoms with van der Waals surface area (Å²) in [5.74, 6) is 0. The molecule has 0 fully saturated rings. The van der Waals surface area contributed by atoms with Crippen molar-refractivity contribution in [3.05, 3.63) is 83.9 Å². The molecule has 0 spiro atoms. The molecular weight excluding hydrogens is 242 g/mol. The van der Waals surface area contributed by atoms with Crippen LogP contribution < -0.4 is 5.32 Å². The van der Waals surface area contributed by atoms with E-state index in [9.17, 15) is 0 Å². The van der Waals surface area contributed by atoms with Crippen LogP contribution in [0.2, 0.25) is 0 Å². The Balaban J connectivity index is 1.73. The highest BCUT2D eigenvalue weighted by atomic mass is 14.9. The molecule has 0 aliphatic heterocycles. The maximum Gasteiger partial charge on any atom is 0.0295 e. The monoisotopic (exact) mass is 261 g/mol. The third kappa shape index (κ3) is 2.89. The molecule has 1 heteroatoms. The molecule has 0 bridgehead atoms. The normalized spacial score (nSPS) is 12.4. The Morgan fingerprint density at radius 1 is 0.800 bits per heavy atom. The number of hydrogen-bond acceptors (Lipinski definition) is 1. The Morgan fingerprint density at radius 2 is 1.50 bits per heavy atom. The predicted octanol–water partition coefficient (Wildman–Crippen LogP) is 4.69. The van der Waals surface area contributed by atoms with Crippen LogP contribution in [0.15, 0.2) is 72.8 Å². The summed E-state index contributed by atoms with van der Waals surface area (Å²) in [5, 5.41) is 6.18. The van der Waals surface area contributed by atoms with Crippen LogP contribution in [0.5, 0.6) is 0 Å². The fraction of sp³-hybridized carbons (Fsp3) is 0.158. The van der Waals surface area contributed by atoms with Crippen LogP contribution in [-0.2, 0) is 6.54 Å². The van der Waals surface area contributed by atoms with Gasteiger partial charge in [0.25, 0.3) is 0 Å². The van der Waals surface area contributed by atoms with Gasteiger partial charge in [-0.2, -0.15) is 0 Å². The van der Waals surface area contributed by atoms with Gasteiger partial charge in [0.05, 0.1) is 0 Å². The average molecular weight is 261 g/mol. The molecule has 1 atom stereocenters. The first-order valence-corrected chi connectivity index (χ1v) is 7.09. The summed E-state index contributed by atoms with van der Waals surface area (Å²) in [6.45, 7) is 3.11. The topological polar surface area (TPSA) is 12.0 Å². The molecule has 0 saturated carbocycles. The smallest absolute Gasteiger partial charge is 0.0295 e. The van der Waals surface area contributed by atoms with Gasteiger partial charge >= 0.3 is 0 Å². The van der Waals surface area contributed by atoms with Crippen LogP contribution in [0, 0.1) is 0 Å². The molecule has 3 aromatic carbocycles. The summed E-state index contributed by atoms with van der Waals surface area (Å²) in [5.41, 5.74) is 2.65. The highest BCUT2D eigenvalue weighted by molar-refractivity contribution is 5.83. The fourth-order valence-corrected chi connectivity index (χ4v) is 2.46. The van der Waals surface area contributed by atoms with E-state index in [1.165, 1.54) is 21.9 Å². The number of benzene rings is 3. The minimum Gasteiger partial charge on any atom is -0.306 e. The summed E-state index contributed by atoms with van der Waals surface area (Å²) in [7, 11) is 0. The van der Waals surface area contributed by atoms with Crippen molar-refractivity contribution in [2.24, 2.45) is 0 Å². The van der Waals surface area contributed by atoms with E-state index in [1.807, 2.05) is 0 Å². The van der Waals surface area contributed by atoms with E-state index in [0.29, 0.717) is 6.04 Å². The van der Waals surface area contributed by atoms with Gasteiger partial charge in [0.2, 0.25) is 0 Å². The van der Waals surface area contributed by atoms with Crippen LogP contribution in [0.3, 0.4) is 0 Å². The van der Waals surface area contributed by atoms with Crippen molar-refractivity contribution in [1.82, 2.24) is 5.32 Å². The van der Waals surface area contributed by atoms with Gasteiger partial charge in [-0.25, -0.2) is 0 Å². The van der Waals surface area contributed by atoms with E-state index in [0.717, 1.165) is 6.54 Å². The Kier molecular flexibility index (Phi) is 3.80. The Bertz CT molecular complexity index is 688. The standard InChI is InChI=1S/C19H19N/c1-15(20-14-16-7-3-2-4-8-16)18-12-11-17-9-5-6-10-19(17)13-18/h2-13,15,20H,14H2,1H3/t15-/m1/s1. The summed E-state index contributed by atoms with van der Waals surface area (Å²) in [6, 6.07) is 26.1. The molecule has 1 N–H and O–H groups in total. The second kappa shape index (κ2) is 5.89. The van der Waals surface area contributed by atoms with Crippen LogP contribution in [-0.4, -0.2) is 0 Å². The van der Waals surface area contributed by atoms with Gasteiger partial charge in [-0.3, -0.25) is 0 Å². The molecule has 0 saturated heterocycles. The van der Waals surface area contributed by atoms with Crippen LogP contribution >= 0.6 is 0 Å². The molecule has 0 radical (unpaired) electrons. The van der Waals surface area contributed by atoms with Crippen molar-refractivity contribution in [3.63, 3.8) is 0 Å². The highest BCUT2D eigenvalue weighted by Crippen LogP contribution is 2.20. The first-order valence-electron chi connectivity index (χ1n) is 7.09. The lowest BCUT2D eigenvalue weighted by Crippen LogP contribution is -2.17. The summed E-state index contributed by atoms with van der Waals surface area (Å²) in [6.07, 6.45) is 0. The fourth-order valence-electron chi connectivity index (χ4n) is 2.46. The first kappa shape index (κ1) is 12.9. The SMILES string of the molecule is C[C@@H](NCc1ccccc1)c1ccc2ccccc2c1. The zero-order chi connectivity index (χ0) is 13.8. The van der Waals surface area contributed by atoms with Gasteiger partial charge in [0.15, 0.2) is 0 Å². The lowest BCUT2D eigenvalue weighted by molar-refractivity contribution is 0.575. The van der Waals surface area contributed by atoms with Crippen molar-refractivity contribution in [1.29, 1.82) is 0 Å². The highest BCUT2D eigenvalue weighted by Gasteiger charge is 2.05. The number of hydrogen-bond donors (Lipinski definition) is 1. The average Bonchev–Trinajstić information content (AvgIpc) is 2.53. The maximum absolute atomic E-state index is 3.58. The molecule has 0 heterocycles. The Labute approximate surface area is 120 Å². The predicted molar refractivity (Wildman–Crippen MR) is 85.6 cm³/mol. The Morgan fingerprint density at radius 3 is 2.30 bits per heavy atom. The van der Waals surface area contributed by atoms with Gasteiger partial charge in [-0.1, -0.05) is 66.7 Å². The molecule has 100 valence electrons. The van der Waals surface area contributed by atoms with Gasteiger partial charge in [-0.05, 0) is 34.9 Å². The van der Waals surface area contributed by atoms with E-state index in [1.54, 1.807) is 0 Å². The van der Waals surface area contributed by atoms with Crippen LogP contribution in [0.4, 0.5) is 0 Å². The second-order valence-electron chi connectivity index (χ2n) is 5.19. The van der Waals surface area contributed by atoms with Gasteiger partial charge in [-0.15, -0.1) is 0 Å². The molecule has 0 aliphatic rings. The molecule has 1 nitrogen and oxygen atoms in total. The largest absolute Gasteiger partial charge is 0.306 e. The number of nitrogens with one attached hydrogen (secondary N) is 1. The zero-order valence-corrected chi connectivity index (χ0v) is 11.7. The molecule has 3 aromatic rings. The van der Waals surface area contributed by atoms with Gasteiger partial charge < -0.3 is 5.32 Å². The third-order valence-corrected chi connectivity index (χ3v) is 3.73. The van der Waals surface area contributed by atoms with Gasteiger partial charge in [0, 0.05) is 12.6 Å². The Hall–Kier alpha value is -2.12. The summed E-state index contributed by atoms with van der Waals surface area (Å²) < 4.78 is 0. The number of fused-ring (bicyclic) bond motifs is 1. The quantitative estimate of drug-likeness (QED) is 0.718. The minimum atomic E-state index is 0.347. The minimum absolute atomic E-state index is 0.347. The van der Waals surface area contributed by atoms with E-state index in [2.05, 4.69) is 85.0 Å². The maximum atomic E-state index is 3.58. The van der Waals surface area contributed by atoms with E-state index in [4.69, 9.17) is 0 Å². The molecule has 0 amide bonds. The lowest BCUT2D eigenvalue weighted by atomic mass is 10.0. The van der Waals surface area contributed by atoms with E-state index >= 15 is 0 Å². The molecule has 0 aliphatic carbocycles. The molecular formula is C19H19N.